The van der Waals surface area contributed by atoms with Crippen molar-refractivity contribution in [2.75, 3.05) is 24.7 Å². The first-order chi connectivity index (χ1) is 9.03. The summed E-state index contributed by atoms with van der Waals surface area (Å²) in [4.78, 5) is 4.00. The quantitative estimate of drug-likeness (QED) is 0.802. The van der Waals surface area contributed by atoms with Crippen LogP contribution in [0.15, 0.2) is 23.4 Å². The van der Waals surface area contributed by atoms with Gasteiger partial charge in [0.15, 0.2) is 5.03 Å². The summed E-state index contributed by atoms with van der Waals surface area (Å²) in [7, 11) is -3.55. The van der Waals surface area contributed by atoms with Crippen LogP contribution in [0.3, 0.4) is 0 Å². The highest BCUT2D eigenvalue weighted by Gasteiger charge is 2.42. The average Bonchev–Trinajstić information content (AvgIpc) is 3.18. The number of anilines is 1. The predicted molar refractivity (Wildman–Crippen MR) is 79.1 cm³/mol. The lowest BCUT2D eigenvalue weighted by Crippen LogP contribution is -2.32. The zero-order valence-electron chi connectivity index (χ0n) is 11.1. The molecule has 0 bridgehead atoms. The van der Waals surface area contributed by atoms with Crippen LogP contribution in [0.25, 0.3) is 0 Å². The van der Waals surface area contributed by atoms with Gasteiger partial charge in [0, 0.05) is 24.0 Å². The molecule has 2 N–H and O–H groups in total. The number of aromatic nitrogens is 1. The van der Waals surface area contributed by atoms with Gasteiger partial charge in [-0.3, -0.25) is 0 Å². The third kappa shape index (κ3) is 3.40. The molecule has 0 atom stereocenters. The van der Waals surface area contributed by atoms with E-state index in [1.165, 1.54) is 6.20 Å². The maximum Gasteiger partial charge on any atom is 0.260 e. The lowest BCUT2D eigenvalue weighted by atomic mass is 10.4. The standard InChI is InChI=1S/C12H19N3O2S2/c1-3-13-10-5-4-8-14-11(10)19(16,17)15-9-12(18-2)6-7-12/h4-5,8,13,15H,3,6-7,9H2,1-2H3. The van der Waals surface area contributed by atoms with Crippen molar-refractivity contribution in [1.82, 2.24) is 9.71 Å². The highest BCUT2D eigenvalue weighted by atomic mass is 32.2. The maximum absolute atomic E-state index is 12.3. The van der Waals surface area contributed by atoms with E-state index in [-0.39, 0.29) is 9.77 Å². The summed E-state index contributed by atoms with van der Waals surface area (Å²) >= 11 is 1.73. The predicted octanol–water partition coefficient (Wildman–Crippen LogP) is 1.69. The van der Waals surface area contributed by atoms with Gasteiger partial charge in [-0.1, -0.05) is 0 Å². The number of thioether (sulfide) groups is 1. The van der Waals surface area contributed by atoms with Crippen molar-refractivity contribution in [3.05, 3.63) is 18.3 Å². The molecule has 106 valence electrons. The van der Waals surface area contributed by atoms with Crippen LogP contribution in [0.2, 0.25) is 0 Å². The molecule has 0 aliphatic heterocycles. The van der Waals surface area contributed by atoms with Gasteiger partial charge in [0.2, 0.25) is 0 Å². The van der Waals surface area contributed by atoms with Gasteiger partial charge in [0.05, 0.1) is 5.69 Å². The van der Waals surface area contributed by atoms with Gasteiger partial charge in [-0.15, -0.1) is 0 Å². The molecule has 0 aromatic carbocycles. The van der Waals surface area contributed by atoms with Gasteiger partial charge in [0.1, 0.15) is 0 Å². The van der Waals surface area contributed by atoms with E-state index in [4.69, 9.17) is 0 Å². The molecular formula is C12H19N3O2S2. The van der Waals surface area contributed by atoms with Crippen molar-refractivity contribution in [1.29, 1.82) is 0 Å². The highest BCUT2D eigenvalue weighted by Crippen LogP contribution is 2.46. The molecule has 0 radical (unpaired) electrons. The fraction of sp³-hybridized carbons (Fsp3) is 0.583. The second-order valence-electron chi connectivity index (χ2n) is 4.60. The van der Waals surface area contributed by atoms with Crippen LogP contribution in [-0.2, 0) is 10.0 Å². The molecular weight excluding hydrogens is 282 g/mol. The molecule has 0 unspecified atom stereocenters. The number of pyridine rings is 1. The smallest absolute Gasteiger partial charge is 0.260 e. The van der Waals surface area contributed by atoms with Crippen molar-refractivity contribution < 1.29 is 8.42 Å². The minimum Gasteiger partial charge on any atom is -0.383 e. The molecule has 1 aliphatic rings. The number of hydrogen-bond donors (Lipinski definition) is 2. The summed E-state index contributed by atoms with van der Waals surface area (Å²) < 4.78 is 27.4. The van der Waals surface area contributed by atoms with Gasteiger partial charge >= 0.3 is 0 Å². The molecule has 19 heavy (non-hydrogen) atoms. The van der Waals surface area contributed by atoms with E-state index >= 15 is 0 Å². The van der Waals surface area contributed by atoms with Crippen LogP contribution >= 0.6 is 11.8 Å². The van der Waals surface area contributed by atoms with Gasteiger partial charge in [-0.25, -0.2) is 18.1 Å². The zero-order valence-corrected chi connectivity index (χ0v) is 12.8. The van der Waals surface area contributed by atoms with Gasteiger partial charge < -0.3 is 5.32 Å². The van der Waals surface area contributed by atoms with Crippen LogP contribution in [0, 0.1) is 0 Å². The molecule has 1 saturated carbocycles. The van der Waals surface area contributed by atoms with Gasteiger partial charge in [0.25, 0.3) is 10.0 Å². The Hall–Kier alpha value is -0.790. The lowest BCUT2D eigenvalue weighted by Gasteiger charge is -2.15. The monoisotopic (exact) mass is 301 g/mol. The third-order valence-electron chi connectivity index (χ3n) is 3.22. The minimum atomic E-state index is -3.55. The first kappa shape index (κ1) is 14.6. The SMILES string of the molecule is CCNc1cccnc1S(=O)(=O)NCC1(SC)CC1. The number of nitrogens with zero attached hydrogens (tertiary/aromatic N) is 1. The average molecular weight is 301 g/mol. The van der Waals surface area contributed by atoms with Crippen molar-refractivity contribution in [2.45, 2.75) is 29.5 Å². The zero-order chi connectivity index (χ0) is 13.9. The van der Waals surface area contributed by atoms with Crippen LogP contribution < -0.4 is 10.0 Å². The minimum absolute atomic E-state index is 0.0775. The normalized spacial score (nSPS) is 17.2. The van der Waals surface area contributed by atoms with Crippen LogP contribution in [-0.4, -0.2) is 37.5 Å². The molecule has 0 spiro atoms. The van der Waals surface area contributed by atoms with Crippen molar-refractivity contribution in [3.63, 3.8) is 0 Å². The van der Waals surface area contributed by atoms with Crippen molar-refractivity contribution in [2.24, 2.45) is 0 Å². The number of sulfonamides is 1. The Morgan fingerprint density at radius 1 is 1.47 bits per heavy atom. The second kappa shape index (κ2) is 5.68. The van der Waals surface area contributed by atoms with E-state index in [0.29, 0.717) is 18.8 Å². The van der Waals surface area contributed by atoms with E-state index in [2.05, 4.69) is 15.0 Å². The highest BCUT2D eigenvalue weighted by molar-refractivity contribution is 8.00. The Kier molecular flexibility index (Phi) is 4.37. The van der Waals surface area contributed by atoms with Crippen LogP contribution in [0.4, 0.5) is 5.69 Å². The molecule has 0 amide bonds. The van der Waals surface area contributed by atoms with E-state index < -0.39 is 10.0 Å². The Labute approximate surface area is 118 Å². The molecule has 2 rings (SSSR count). The lowest BCUT2D eigenvalue weighted by molar-refractivity contribution is 0.576. The van der Waals surface area contributed by atoms with Crippen LogP contribution in [0.1, 0.15) is 19.8 Å². The molecule has 1 aromatic heterocycles. The number of rotatable bonds is 7. The molecule has 7 heteroatoms. The molecule has 1 aromatic rings. The van der Waals surface area contributed by atoms with Gasteiger partial charge in [-0.2, -0.15) is 11.8 Å². The van der Waals surface area contributed by atoms with E-state index in [1.807, 2.05) is 13.2 Å². The second-order valence-corrected chi connectivity index (χ2v) is 7.55. The Morgan fingerprint density at radius 3 is 2.79 bits per heavy atom. The van der Waals surface area contributed by atoms with Crippen LogP contribution in [0.5, 0.6) is 0 Å². The molecule has 1 aliphatic carbocycles. The summed E-state index contributed by atoms with van der Waals surface area (Å²) in [6, 6.07) is 3.45. The first-order valence-electron chi connectivity index (χ1n) is 6.27. The Balaban J connectivity index is 2.15. The Bertz CT molecular complexity index is 542. The maximum atomic E-state index is 12.3. The van der Waals surface area contributed by atoms with Crippen molar-refractivity contribution in [3.8, 4) is 0 Å². The van der Waals surface area contributed by atoms with E-state index in [1.54, 1.807) is 23.9 Å². The summed E-state index contributed by atoms with van der Waals surface area (Å²) in [5, 5.41) is 3.10. The third-order valence-corrected chi connectivity index (χ3v) is 6.00. The summed E-state index contributed by atoms with van der Waals surface area (Å²) in [5.41, 5.74) is 0.548. The largest absolute Gasteiger partial charge is 0.383 e. The molecule has 1 fully saturated rings. The number of nitrogens with one attached hydrogen (secondary N) is 2. The van der Waals surface area contributed by atoms with E-state index in [9.17, 15) is 8.42 Å². The van der Waals surface area contributed by atoms with Gasteiger partial charge in [-0.05, 0) is 38.2 Å². The Morgan fingerprint density at radius 2 is 2.21 bits per heavy atom. The molecule has 1 heterocycles. The summed E-state index contributed by atoms with van der Waals surface area (Å²) in [6.45, 7) is 3.05. The first-order valence-corrected chi connectivity index (χ1v) is 8.97. The number of hydrogen-bond acceptors (Lipinski definition) is 5. The fourth-order valence-electron chi connectivity index (χ4n) is 1.82. The fourth-order valence-corrected chi connectivity index (χ4v) is 3.87. The molecule has 5 nitrogen and oxygen atoms in total. The van der Waals surface area contributed by atoms with Crippen molar-refractivity contribution >= 4 is 27.5 Å². The van der Waals surface area contributed by atoms with E-state index in [0.717, 1.165) is 12.8 Å². The topological polar surface area (TPSA) is 71.1 Å². The molecule has 0 saturated heterocycles. The summed E-state index contributed by atoms with van der Waals surface area (Å²) in [6.07, 6.45) is 5.65. The summed E-state index contributed by atoms with van der Waals surface area (Å²) in [5.74, 6) is 0.